The summed E-state index contributed by atoms with van der Waals surface area (Å²) in [7, 11) is 0. The van der Waals surface area contributed by atoms with E-state index in [2.05, 4.69) is 4.90 Å². The third-order valence-corrected chi connectivity index (χ3v) is 3.76. The monoisotopic (exact) mass is 198 g/mol. The second kappa shape index (κ2) is 3.82. The van der Waals surface area contributed by atoms with Gasteiger partial charge >= 0.3 is 0 Å². The topological polar surface area (TPSA) is 29.3 Å². The van der Waals surface area contributed by atoms with E-state index in [1.165, 1.54) is 38.5 Å². The highest BCUT2D eigenvalue weighted by Crippen LogP contribution is 2.34. The van der Waals surface area contributed by atoms with Crippen LogP contribution in [0.2, 0.25) is 0 Å². The minimum absolute atomic E-state index is 0.622. The summed E-state index contributed by atoms with van der Waals surface area (Å²) in [6.45, 7) is 1.09. The van der Waals surface area contributed by atoms with Crippen molar-refractivity contribution in [1.29, 1.82) is 0 Å². The van der Waals surface area contributed by atoms with E-state index < -0.39 is 0 Å². The summed E-state index contributed by atoms with van der Waals surface area (Å²) in [6, 6.07) is 0.681. The summed E-state index contributed by atoms with van der Waals surface area (Å²) >= 11 is 5.09. The summed E-state index contributed by atoms with van der Waals surface area (Å²) in [4.78, 5) is 2.27. The molecule has 2 fully saturated rings. The Morgan fingerprint density at radius 3 is 2.62 bits per heavy atom. The molecule has 3 heteroatoms. The molecule has 2 rings (SSSR count). The van der Waals surface area contributed by atoms with E-state index in [0.29, 0.717) is 11.2 Å². The van der Waals surface area contributed by atoms with Crippen molar-refractivity contribution in [2.75, 3.05) is 6.54 Å². The van der Waals surface area contributed by atoms with Crippen LogP contribution < -0.4 is 5.73 Å². The fraction of sp³-hybridized carbons (Fsp3) is 0.900. The van der Waals surface area contributed by atoms with Gasteiger partial charge < -0.3 is 10.6 Å². The largest absolute Gasteiger partial charge is 0.376 e. The number of hydrogen-bond acceptors (Lipinski definition) is 1. The number of rotatable bonds is 0. The number of thiocarbonyl (C=S) groups is 1. The molecule has 1 saturated heterocycles. The molecule has 2 nitrogen and oxygen atoms in total. The number of fused-ring (bicyclic) bond motifs is 1. The van der Waals surface area contributed by atoms with Gasteiger partial charge in [0, 0.05) is 12.6 Å². The highest BCUT2D eigenvalue weighted by Gasteiger charge is 2.33. The molecule has 2 N–H and O–H groups in total. The highest BCUT2D eigenvalue weighted by atomic mass is 32.1. The number of hydrogen-bond donors (Lipinski definition) is 1. The van der Waals surface area contributed by atoms with Crippen LogP contribution in [0, 0.1) is 5.92 Å². The van der Waals surface area contributed by atoms with Gasteiger partial charge in [-0.05, 0) is 43.8 Å². The van der Waals surface area contributed by atoms with E-state index in [9.17, 15) is 0 Å². The maximum absolute atomic E-state index is 5.73. The van der Waals surface area contributed by atoms with Crippen LogP contribution in [-0.4, -0.2) is 22.6 Å². The first kappa shape index (κ1) is 9.25. The zero-order valence-corrected chi connectivity index (χ0v) is 8.85. The van der Waals surface area contributed by atoms with Gasteiger partial charge in [-0.3, -0.25) is 0 Å². The molecule has 0 unspecified atom stereocenters. The van der Waals surface area contributed by atoms with Crippen LogP contribution in [0.3, 0.4) is 0 Å². The van der Waals surface area contributed by atoms with Crippen molar-refractivity contribution in [3.05, 3.63) is 0 Å². The second-order valence-electron chi connectivity index (χ2n) is 4.29. The van der Waals surface area contributed by atoms with Gasteiger partial charge in [-0.2, -0.15) is 0 Å². The van der Waals surface area contributed by atoms with E-state index in [-0.39, 0.29) is 0 Å². The molecule has 1 aliphatic heterocycles. The first-order valence-electron chi connectivity index (χ1n) is 5.35. The first-order valence-corrected chi connectivity index (χ1v) is 5.76. The fourth-order valence-electron chi connectivity index (χ4n) is 2.90. The Hall–Kier alpha value is -0.310. The Balaban J connectivity index is 2.06. The SMILES string of the molecule is NC(=S)N1CCC[C@H]2CCCC[C@H]21. The first-order chi connectivity index (χ1) is 6.29. The number of likely N-dealkylation sites (tertiary alicyclic amines) is 1. The van der Waals surface area contributed by atoms with Gasteiger partial charge in [0.25, 0.3) is 0 Å². The van der Waals surface area contributed by atoms with E-state index in [4.69, 9.17) is 18.0 Å². The van der Waals surface area contributed by atoms with Gasteiger partial charge in [-0.25, -0.2) is 0 Å². The van der Waals surface area contributed by atoms with Crippen molar-refractivity contribution in [1.82, 2.24) is 4.90 Å². The van der Waals surface area contributed by atoms with E-state index in [1.807, 2.05) is 0 Å². The number of nitrogens with two attached hydrogens (primary N) is 1. The van der Waals surface area contributed by atoms with Crippen LogP contribution in [-0.2, 0) is 0 Å². The Bertz CT molecular complexity index is 203. The maximum atomic E-state index is 5.73. The molecule has 2 atom stereocenters. The molecule has 0 radical (unpaired) electrons. The van der Waals surface area contributed by atoms with Gasteiger partial charge in [0.05, 0.1) is 0 Å². The molecular weight excluding hydrogens is 180 g/mol. The molecule has 0 aromatic carbocycles. The summed E-state index contributed by atoms with van der Waals surface area (Å²) in [6.07, 6.45) is 8.14. The Morgan fingerprint density at radius 1 is 1.15 bits per heavy atom. The molecule has 0 spiro atoms. The molecule has 0 aromatic rings. The molecule has 2 aliphatic rings. The molecular formula is C10H18N2S. The number of nitrogens with zero attached hydrogens (tertiary/aromatic N) is 1. The van der Waals surface area contributed by atoms with Crippen LogP contribution in [0.5, 0.6) is 0 Å². The summed E-state index contributed by atoms with van der Waals surface area (Å²) in [5, 5.41) is 0.622. The van der Waals surface area contributed by atoms with Crippen LogP contribution in [0.25, 0.3) is 0 Å². The molecule has 74 valence electrons. The standard InChI is InChI=1S/C10H18N2S/c11-10(13)12-7-3-5-8-4-1-2-6-9(8)12/h8-9H,1-7H2,(H2,11,13)/t8-,9-/m1/s1. The van der Waals surface area contributed by atoms with E-state index >= 15 is 0 Å². The van der Waals surface area contributed by atoms with Gasteiger partial charge in [-0.1, -0.05) is 12.8 Å². The van der Waals surface area contributed by atoms with Crippen molar-refractivity contribution >= 4 is 17.3 Å². The Morgan fingerprint density at radius 2 is 1.85 bits per heavy atom. The zero-order chi connectivity index (χ0) is 9.26. The van der Waals surface area contributed by atoms with Crippen molar-refractivity contribution in [2.45, 2.75) is 44.6 Å². The molecule has 0 bridgehead atoms. The summed E-state index contributed by atoms with van der Waals surface area (Å²) in [5.74, 6) is 0.879. The van der Waals surface area contributed by atoms with Crippen molar-refractivity contribution < 1.29 is 0 Å². The number of piperidine rings is 1. The third kappa shape index (κ3) is 1.80. The van der Waals surface area contributed by atoms with Gasteiger partial charge in [-0.15, -0.1) is 0 Å². The van der Waals surface area contributed by atoms with E-state index in [1.54, 1.807) is 0 Å². The van der Waals surface area contributed by atoms with E-state index in [0.717, 1.165) is 12.5 Å². The predicted octanol–water partition coefficient (Wildman–Crippen LogP) is 1.88. The molecule has 0 amide bonds. The van der Waals surface area contributed by atoms with Gasteiger partial charge in [0.1, 0.15) is 0 Å². The van der Waals surface area contributed by atoms with Crippen LogP contribution >= 0.6 is 12.2 Å². The Labute approximate surface area is 85.5 Å². The highest BCUT2D eigenvalue weighted by molar-refractivity contribution is 7.80. The quantitative estimate of drug-likeness (QED) is 0.603. The second-order valence-corrected chi connectivity index (χ2v) is 4.70. The molecule has 1 heterocycles. The minimum atomic E-state index is 0.622. The summed E-state index contributed by atoms with van der Waals surface area (Å²) < 4.78 is 0. The average Bonchev–Trinajstić information content (AvgIpc) is 2.17. The van der Waals surface area contributed by atoms with Crippen LogP contribution in [0.15, 0.2) is 0 Å². The normalized spacial score (nSPS) is 34.0. The van der Waals surface area contributed by atoms with Crippen molar-refractivity contribution in [3.8, 4) is 0 Å². The van der Waals surface area contributed by atoms with Crippen LogP contribution in [0.1, 0.15) is 38.5 Å². The molecule has 1 saturated carbocycles. The fourth-order valence-corrected chi connectivity index (χ4v) is 3.13. The van der Waals surface area contributed by atoms with Gasteiger partial charge in [0.15, 0.2) is 5.11 Å². The smallest absolute Gasteiger partial charge is 0.166 e. The maximum Gasteiger partial charge on any atom is 0.166 e. The zero-order valence-electron chi connectivity index (χ0n) is 8.04. The average molecular weight is 198 g/mol. The summed E-state index contributed by atoms with van der Waals surface area (Å²) in [5.41, 5.74) is 5.73. The molecule has 13 heavy (non-hydrogen) atoms. The lowest BCUT2D eigenvalue weighted by Gasteiger charge is -2.44. The van der Waals surface area contributed by atoms with Crippen molar-refractivity contribution in [2.24, 2.45) is 11.7 Å². The Kier molecular flexibility index (Phi) is 2.72. The lowest BCUT2D eigenvalue weighted by atomic mass is 9.78. The lowest BCUT2D eigenvalue weighted by Crippen LogP contribution is -2.51. The molecule has 0 aromatic heterocycles. The molecule has 1 aliphatic carbocycles. The third-order valence-electron chi connectivity index (χ3n) is 3.53. The predicted molar refractivity (Wildman–Crippen MR) is 58.5 cm³/mol. The van der Waals surface area contributed by atoms with Crippen LogP contribution in [0.4, 0.5) is 0 Å². The minimum Gasteiger partial charge on any atom is -0.376 e. The lowest BCUT2D eigenvalue weighted by molar-refractivity contribution is 0.120. The van der Waals surface area contributed by atoms with Crippen molar-refractivity contribution in [3.63, 3.8) is 0 Å². The van der Waals surface area contributed by atoms with Gasteiger partial charge in [0.2, 0.25) is 0 Å².